The molecule has 0 aromatic carbocycles. The fourth-order valence-corrected chi connectivity index (χ4v) is 3.86. The lowest BCUT2D eigenvalue weighted by Crippen LogP contribution is -2.27. The third-order valence-corrected chi connectivity index (χ3v) is 4.85. The van der Waals surface area contributed by atoms with E-state index in [0.717, 1.165) is 48.2 Å². The maximum Gasteiger partial charge on any atom is 0.139 e. The molecular weight excluding hydrogens is 288 g/mol. The second kappa shape index (κ2) is 5.67. The van der Waals surface area contributed by atoms with Gasteiger partial charge in [0.2, 0.25) is 0 Å². The van der Waals surface area contributed by atoms with Gasteiger partial charge in [-0.2, -0.15) is 5.26 Å². The molecule has 2 N–H and O–H groups in total. The summed E-state index contributed by atoms with van der Waals surface area (Å²) in [6, 6.07) is 5.23. The van der Waals surface area contributed by atoms with E-state index in [2.05, 4.69) is 38.9 Å². The molecule has 6 nitrogen and oxygen atoms in total. The summed E-state index contributed by atoms with van der Waals surface area (Å²) in [6.07, 6.45) is 7.75. The minimum absolute atomic E-state index is 0.458. The zero-order valence-corrected chi connectivity index (χ0v) is 13.2. The first-order chi connectivity index (χ1) is 11.3. The first-order valence-corrected chi connectivity index (χ1v) is 8.19. The number of nitrogens with one attached hydrogen (secondary N) is 2. The summed E-state index contributed by atoms with van der Waals surface area (Å²) in [5, 5.41) is 13.3. The second-order valence-corrected chi connectivity index (χ2v) is 6.29. The van der Waals surface area contributed by atoms with Gasteiger partial charge in [-0.05, 0) is 32.3 Å². The Bertz CT molecular complexity index is 884. The van der Waals surface area contributed by atoms with Gasteiger partial charge in [0.1, 0.15) is 17.0 Å². The van der Waals surface area contributed by atoms with E-state index >= 15 is 0 Å². The first-order valence-electron chi connectivity index (χ1n) is 8.19. The van der Waals surface area contributed by atoms with Crippen LogP contribution in [0.1, 0.15) is 37.5 Å². The number of aromatic amines is 1. The number of aryl methyl sites for hydroxylation is 1. The van der Waals surface area contributed by atoms with Crippen LogP contribution in [-0.4, -0.2) is 32.1 Å². The summed E-state index contributed by atoms with van der Waals surface area (Å²) in [5.74, 6) is 1.05. The van der Waals surface area contributed by atoms with Crippen molar-refractivity contribution in [1.82, 2.24) is 24.8 Å². The van der Waals surface area contributed by atoms with Crippen LogP contribution in [0.2, 0.25) is 0 Å². The highest BCUT2D eigenvalue weighted by molar-refractivity contribution is 6.01. The van der Waals surface area contributed by atoms with Crippen molar-refractivity contribution < 1.29 is 0 Å². The predicted molar refractivity (Wildman–Crippen MR) is 89.0 cm³/mol. The van der Waals surface area contributed by atoms with Gasteiger partial charge in [-0.15, -0.1) is 0 Å². The Labute approximate surface area is 134 Å². The monoisotopic (exact) mass is 308 g/mol. The Kier molecular flexibility index (Phi) is 3.50. The van der Waals surface area contributed by atoms with Crippen molar-refractivity contribution in [1.29, 1.82) is 5.26 Å². The Morgan fingerprint density at radius 3 is 3.26 bits per heavy atom. The molecule has 0 aliphatic heterocycles. The number of pyridine rings is 1. The van der Waals surface area contributed by atoms with Crippen molar-refractivity contribution in [3.05, 3.63) is 24.3 Å². The normalized spacial score (nSPS) is 21.2. The predicted octanol–water partition coefficient (Wildman–Crippen LogP) is 2.82. The number of aromatic nitrogens is 4. The zero-order valence-electron chi connectivity index (χ0n) is 13.2. The number of hydrogen-bond donors (Lipinski definition) is 2. The molecule has 0 radical (unpaired) electrons. The summed E-state index contributed by atoms with van der Waals surface area (Å²) >= 11 is 0. The largest absolute Gasteiger partial charge is 0.346 e. The van der Waals surface area contributed by atoms with Crippen LogP contribution >= 0.6 is 0 Å². The molecule has 0 unspecified atom stereocenters. The molecule has 0 bridgehead atoms. The van der Waals surface area contributed by atoms with Gasteiger partial charge in [-0.3, -0.25) is 0 Å². The second-order valence-electron chi connectivity index (χ2n) is 6.29. The van der Waals surface area contributed by atoms with Crippen LogP contribution in [0.15, 0.2) is 18.5 Å². The van der Waals surface area contributed by atoms with Gasteiger partial charge in [0.25, 0.3) is 0 Å². The average molecular weight is 308 g/mol. The average Bonchev–Trinajstić information content (AvgIpc) is 3.23. The first kappa shape index (κ1) is 14.2. The summed E-state index contributed by atoms with van der Waals surface area (Å²) in [4.78, 5) is 12.3. The molecule has 1 aliphatic rings. The zero-order chi connectivity index (χ0) is 15.8. The highest BCUT2D eigenvalue weighted by Gasteiger charge is 2.28. The van der Waals surface area contributed by atoms with E-state index in [9.17, 15) is 0 Å². The molecule has 118 valence electrons. The standard InChI is InChI=1S/C17H20N6/c1-11-22-15-10-21-17-14(5-8-20-17)16(15)23(11)13-4-3-12(9-13)19-7-2-6-18/h5,8,10,12-13,19H,2-4,7,9H2,1H3,(H,20,21)/t12-,13-/m0/s1. The molecule has 3 aromatic rings. The molecule has 23 heavy (non-hydrogen) atoms. The van der Waals surface area contributed by atoms with E-state index in [1.54, 1.807) is 0 Å². The lowest BCUT2D eigenvalue weighted by molar-refractivity contribution is 0.479. The lowest BCUT2D eigenvalue weighted by atomic mass is 10.2. The Balaban J connectivity index is 1.68. The van der Waals surface area contributed by atoms with Crippen molar-refractivity contribution in [3.63, 3.8) is 0 Å². The van der Waals surface area contributed by atoms with Crippen molar-refractivity contribution in [2.24, 2.45) is 0 Å². The minimum atomic E-state index is 0.458. The Morgan fingerprint density at radius 2 is 2.39 bits per heavy atom. The van der Waals surface area contributed by atoms with Crippen LogP contribution in [0.3, 0.4) is 0 Å². The van der Waals surface area contributed by atoms with Gasteiger partial charge in [0.15, 0.2) is 0 Å². The smallest absolute Gasteiger partial charge is 0.139 e. The molecule has 3 heterocycles. The van der Waals surface area contributed by atoms with Gasteiger partial charge in [0, 0.05) is 36.6 Å². The number of hydrogen-bond acceptors (Lipinski definition) is 4. The maximum absolute atomic E-state index is 8.67. The number of fused-ring (bicyclic) bond motifs is 3. The molecular formula is C17H20N6. The molecule has 3 aromatic heterocycles. The molecule has 4 rings (SSSR count). The fourth-order valence-electron chi connectivity index (χ4n) is 3.86. The summed E-state index contributed by atoms with van der Waals surface area (Å²) in [5.41, 5.74) is 3.08. The van der Waals surface area contributed by atoms with Gasteiger partial charge in [0.05, 0.1) is 17.8 Å². The number of H-pyrrole nitrogens is 1. The molecule has 1 fully saturated rings. The quantitative estimate of drug-likeness (QED) is 0.726. The number of imidazole rings is 1. The minimum Gasteiger partial charge on any atom is -0.346 e. The molecule has 0 amide bonds. The summed E-state index contributed by atoms with van der Waals surface area (Å²) < 4.78 is 2.39. The van der Waals surface area contributed by atoms with Gasteiger partial charge in [-0.1, -0.05) is 0 Å². The van der Waals surface area contributed by atoms with E-state index in [1.807, 2.05) is 12.4 Å². The molecule has 1 aliphatic carbocycles. The van der Waals surface area contributed by atoms with Crippen molar-refractivity contribution in [2.75, 3.05) is 6.54 Å². The highest BCUT2D eigenvalue weighted by Crippen LogP contribution is 2.35. The molecule has 1 saturated carbocycles. The fraction of sp³-hybridized carbons (Fsp3) is 0.471. The topological polar surface area (TPSA) is 82.3 Å². The van der Waals surface area contributed by atoms with E-state index in [1.165, 1.54) is 5.52 Å². The van der Waals surface area contributed by atoms with Crippen molar-refractivity contribution in [2.45, 2.75) is 44.7 Å². The van der Waals surface area contributed by atoms with Crippen LogP contribution < -0.4 is 5.32 Å². The van der Waals surface area contributed by atoms with Crippen LogP contribution in [0.25, 0.3) is 22.1 Å². The third kappa shape index (κ3) is 2.37. The molecule has 0 spiro atoms. The van der Waals surface area contributed by atoms with Crippen molar-refractivity contribution >= 4 is 22.1 Å². The van der Waals surface area contributed by atoms with Crippen molar-refractivity contribution in [3.8, 4) is 6.07 Å². The number of nitrogens with zero attached hydrogens (tertiary/aromatic N) is 4. The number of nitriles is 1. The molecule has 6 heteroatoms. The number of rotatable bonds is 4. The molecule has 0 saturated heterocycles. The lowest BCUT2D eigenvalue weighted by Gasteiger charge is -2.17. The Hall–Kier alpha value is -2.39. The van der Waals surface area contributed by atoms with Crippen LogP contribution in [-0.2, 0) is 0 Å². The highest BCUT2D eigenvalue weighted by atomic mass is 15.1. The Morgan fingerprint density at radius 1 is 1.48 bits per heavy atom. The van der Waals surface area contributed by atoms with E-state index in [0.29, 0.717) is 18.5 Å². The summed E-state index contributed by atoms with van der Waals surface area (Å²) in [7, 11) is 0. The third-order valence-electron chi connectivity index (χ3n) is 4.85. The molecule has 2 atom stereocenters. The van der Waals surface area contributed by atoms with E-state index in [-0.39, 0.29) is 0 Å². The SMILES string of the molecule is Cc1nc2cnc3[nH]ccc3c2n1[C@H]1CC[C@H](NCCC#N)C1. The maximum atomic E-state index is 8.67. The van der Waals surface area contributed by atoms with Gasteiger partial charge >= 0.3 is 0 Å². The van der Waals surface area contributed by atoms with E-state index in [4.69, 9.17) is 10.2 Å². The van der Waals surface area contributed by atoms with Gasteiger partial charge < -0.3 is 14.9 Å². The van der Waals surface area contributed by atoms with Crippen LogP contribution in [0.4, 0.5) is 0 Å². The van der Waals surface area contributed by atoms with Gasteiger partial charge in [-0.25, -0.2) is 9.97 Å². The van der Waals surface area contributed by atoms with Crippen LogP contribution in [0.5, 0.6) is 0 Å². The van der Waals surface area contributed by atoms with E-state index < -0.39 is 0 Å². The van der Waals surface area contributed by atoms with Crippen LogP contribution in [0, 0.1) is 18.3 Å². The summed E-state index contributed by atoms with van der Waals surface area (Å²) in [6.45, 7) is 2.86.